The molecule has 2 N–H and O–H groups in total. The number of nitrogens with one attached hydrogen (secondary N) is 2. The van der Waals surface area contributed by atoms with Gasteiger partial charge >= 0.3 is 0 Å². The highest BCUT2D eigenvalue weighted by molar-refractivity contribution is 7.99. The van der Waals surface area contributed by atoms with Crippen LogP contribution in [0.15, 0.2) is 66.1 Å². The molecule has 0 atom stereocenters. The number of hydrogen-bond donors (Lipinski definition) is 2. The van der Waals surface area contributed by atoms with Crippen molar-refractivity contribution >= 4 is 35.0 Å². The van der Waals surface area contributed by atoms with Gasteiger partial charge in [0.05, 0.1) is 12.4 Å². The zero-order valence-electron chi connectivity index (χ0n) is 16.2. The number of rotatable bonds is 8. The van der Waals surface area contributed by atoms with Crippen LogP contribution < -0.4 is 15.4 Å². The smallest absolute Gasteiger partial charge is 0.255 e. The van der Waals surface area contributed by atoms with Gasteiger partial charge in [-0.15, -0.1) is 0 Å². The van der Waals surface area contributed by atoms with Crippen molar-refractivity contribution in [2.45, 2.75) is 12.1 Å². The van der Waals surface area contributed by atoms with Gasteiger partial charge in [0.2, 0.25) is 5.91 Å². The number of aromatic nitrogens is 2. The second-order valence-corrected chi connectivity index (χ2v) is 7.09. The molecule has 0 bridgehead atoms. The number of carbonyl (C=O) groups is 2. The molecule has 150 valence electrons. The molecule has 7 nitrogen and oxygen atoms in total. The van der Waals surface area contributed by atoms with Gasteiger partial charge < -0.3 is 19.9 Å². The van der Waals surface area contributed by atoms with Gasteiger partial charge in [-0.3, -0.25) is 9.59 Å². The first-order chi connectivity index (χ1) is 14.0. The number of amides is 2. The molecule has 2 aromatic carbocycles. The molecular formula is C21H22N4O3S. The number of nitrogens with zero attached hydrogens (tertiary/aromatic N) is 2. The Kier molecular flexibility index (Phi) is 6.91. The number of imidazole rings is 1. The van der Waals surface area contributed by atoms with Crippen molar-refractivity contribution in [3.8, 4) is 5.75 Å². The van der Waals surface area contributed by atoms with E-state index in [2.05, 4.69) is 15.6 Å². The second-order valence-electron chi connectivity index (χ2n) is 6.15. The van der Waals surface area contributed by atoms with E-state index >= 15 is 0 Å². The van der Waals surface area contributed by atoms with E-state index in [1.807, 2.05) is 24.7 Å². The molecule has 1 heterocycles. The maximum Gasteiger partial charge on any atom is 0.255 e. The van der Waals surface area contributed by atoms with Gasteiger partial charge in [0.25, 0.3) is 5.91 Å². The molecule has 0 aliphatic heterocycles. The number of anilines is 2. The number of aryl methyl sites for hydroxylation is 1. The molecule has 0 fully saturated rings. The van der Waals surface area contributed by atoms with E-state index in [0.717, 1.165) is 10.9 Å². The summed E-state index contributed by atoms with van der Waals surface area (Å²) in [5, 5.41) is 6.43. The van der Waals surface area contributed by atoms with Crippen LogP contribution in [-0.4, -0.2) is 33.7 Å². The van der Waals surface area contributed by atoms with Gasteiger partial charge in [0, 0.05) is 36.4 Å². The van der Waals surface area contributed by atoms with Gasteiger partial charge in [-0.1, -0.05) is 11.8 Å². The van der Waals surface area contributed by atoms with Crippen molar-refractivity contribution in [3.63, 3.8) is 0 Å². The molecule has 2 amide bonds. The molecular weight excluding hydrogens is 388 g/mol. The first-order valence-corrected chi connectivity index (χ1v) is 10.1. The Balaban J connectivity index is 1.51. The van der Waals surface area contributed by atoms with Crippen LogP contribution in [0.5, 0.6) is 5.75 Å². The Labute approximate surface area is 173 Å². The lowest BCUT2D eigenvalue weighted by Crippen LogP contribution is -2.15. The van der Waals surface area contributed by atoms with Crippen molar-refractivity contribution in [1.82, 2.24) is 9.55 Å². The fourth-order valence-corrected chi connectivity index (χ4v) is 3.26. The predicted molar refractivity (Wildman–Crippen MR) is 115 cm³/mol. The van der Waals surface area contributed by atoms with E-state index in [4.69, 9.17) is 4.74 Å². The third kappa shape index (κ3) is 5.86. The molecule has 0 spiro atoms. The molecule has 29 heavy (non-hydrogen) atoms. The lowest BCUT2D eigenvalue weighted by molar-refractivity contribution is -0.113. The summed E-state index contributed by atoms with van der Waals surface area (Å²) < 4.78 is 7.24. The topological polar surface area (TPSA) is 85.2 Å². The first-order valence-electron chi connectivity index (χ1n) is 9.09. The zero-order valence-corrected chi connectivity index (χ0v) is 17.0. The van der Waals surface area contributed by atoms with Crippen molar-refractivity contribution in [2.24, 2.45) is 7.05 Å². The van der Waals surface area contributed by atoms with E-state index in [9.17, 15) is 9.59 Å². The van der Waals surface area contributed by atoms with Crippen LogP contribution in [0.1, 0.15) is 17.3 Å². The number of hydrogen-bond acceptors (Lipinski definition) is 5. The van der Waals surface area contributed by atoms with E-state index in [-0.39, 0.29) is 17.6 Å². The fourth-order valence-electron chi connectivity index (χ4n) is 2.53. The standard InChI is InChI=1S/C21H22N4O3S/c1-3-28-18-10-8-17(9-11-18)24-20(27)15-4-6-16(7-5-15)23-19(26)14-29-21-22-12-13-25(21)2/h4-13H,3,14H2,1-2H3,(H,23,26)(H,24,27). The van der Waals surface area contributed by atoms with E-state index in [1.165, 1.54) is 11.8 Å². The Bertz CT molecular complexity index is 968. The highest BCUT2D eigenvalue weighted by Crippen LogP contribution is 2.18. The first kappa shape index (κ1) is 20.5. The van der Waals surface area contributed by atoms with Crippen LogP contribution >= 0.6 is 11.8 Å². The maximum atomic E-state index is 12.4. The summed E-state index contributed by atoms with van der Waals surface area (Å²) in [7, 11) is 1.88. The molecule has 0 aliphatic rings. The number of thioether (sulfide) groups is 1. The quantitative estimate of drug-likeness (QED) is 0.552. The Morgan fingerprint density at radius 3 is 2.31 bits per heavy atom. The lowest BCUT2D eigenvalue weighted by Gasteiger charge is -2.08. The Hall–Kier alpha value is -3.26. The van der Waals surface area contributed by atoms with Crippen molar-refractivity contribution in [1.29, 1.82) is 0 Å². The Morgan fingerprint density at radius 1 is 1.03 bits per heavy atom. The number of ether oxygens (including phenoxy) is 1. The van der Waals surface area contributed by atoms with Gasteiger partial charge in [0.1, 0.15) is 5.75 Å². The summed E-state index contributed by atoms with van der Waals surface area (Å²) in [5.41, 5.74) is 1.81. The van der Waals surface area contributed by atoms with E-state index < -0.39 is 0 Å². The summed E-state index contributed by atoms with van der Waals surface area (Å²) >= 11 is 1.36. The van der Waals surface area contributed by atoms with Gasteiger partial charge in [-0.2, -0.15) is 0 Å². The van der Waals surface area contributed by atoms with Crippen LogP contribution in [0.3, 0.4) is 0 Å². The van der Waals surface area contributed by atoms with E-state index in [1.54, 1.807) is 54.7 Å². The highest BCUT2D eigenvalue weighted by atomic mass is 32.2. The SMILES string of the molecule is CCOc1ccc(NC(=O)c2ccc(NC(=O)CSc3nccn3C)cc2)cc1. The summed E-state index contributed by atoms with van der Waals surface area (Å²) in [4.78, 5) is 28.6. The average molecular weight is 410 g/mol. The molecule has 1 aromatic heterocycles. The number of carbonyl (C=O) groups excluding carboxylic acids is 2. The minimum absolute atomic E-state index is 0.135. The minimum Gasteiger partial charge on any atom is -0.494 e. The third-order valence-electron chi connectivity index (χ3n) is 3.96. The third-order valence-corrected chi connectivity index (χ3v) is 5.02. The van der Waals surface area contributed by atoms with Crippen LogP contribution in [0, 0.1) is 0 Å². The normalized spacial score (nSPS) is 10.4. The maximum absolute atomic E-state index is 12.4. The highest BCUT2D eigenvalue weighted by Gasteiger charge is 2.09. The van der Waals surface area contributed by atoms with Crippen molar-refractivity contribution < 1.29 is 14.3 Å². The molecule has 3 rings (SSSR count). The molecule has 0 unspecified atom stereocenters. The van der Waals surface area contributed by atoms with Crippen LogP contribution in [0.25, 0.3) is 0 Å². The van der Waals surface area contributed by atoms with Gasteiger partial charge in [-0.25, -0.2) is 4.98 Å². The lowest BCUT2D eigenvalue weighted by atomic mass is 10.2. The van der Waals surface area contributed by atoms with E-state index in [0.29, 0.717) is 23.5 Å². The summed E-state index contributed by atoms with van der Waals surface area (Å²) in [5.74, 6) is 0.652. The molecule has 0 radical (unpaired) electrons. The summed E-state index contributed by atoms with van der Waals surface area (Å²) in [6.45, 7) is 2.51. The number of benzene rings is 2. The molecule has 0 aliphatic carbocycles. The Morgan fingerprint density at radius 2 is 1.69 bits per heavy atom. The van der Waals surface area contributed by atoms with Gasteiger partial charge in [0.15, 0.2) is 5.16 Å². The molecule has 8 heteroatoms. The molecule has 0 saturated heterocycles. The fraction of sp³-hybridized carbons (Fsp3) is 0.190. The second kappa shape index (κ2) is 9.79. The van der Waals surface area contributed by atoms with Crippen LogP contribution in [-0.2, 0) is 11.8 Å². The van der Waals surface area contributed by atoms with Crippen molar-refractivity contribution in [2.75, 3.05) is 23.0 Å². The van der Waals surface area contributed by atoms with Crippen LogP contribution in [0.4, 0.5) is 11.4 Å². The largest absolute Gasteiger partial charge is 0.494 e. The zero-order chi connectivity index (χ0) is 20.6. The summed E-state index contributed by atoms with van der Waals surface area (Å²) in [6.07, 6.45) is 3.52. The predicted octanol–water partition coefficient (Wildman–Crippen LogP) is 3.80. The average Bonchev–Trinajstić information content (AvgIpc) is 3.13. The molecule has 0 saturated carbocycles. The summed E-state index contributed by atoms with van der Waals surface area (Å²) in [6, 6.07) is 13.9. The van der Waals surface area contributed by atoms with Crippen molar-refractivity contribution in [3.05, 3.63) is 66.5 Å². The molecule has 3 aromatic rings. The monoisotopic (exact) mass is 410 g/mol. The van der Waals surface area contributed by atoms with Crippen LogP contribution in [0.2, 0.25) is 0 Å². The van der Waals surface area contributed by atoms with Gasteiger partial charge in [-0.05, 0) is 55.5 Å². The minimum atomic E-state index is -0.225.